The highest BCUT2D eigenvalue weighted by molar-refractivity contribution is 8.93. The fraction of sp³-hybridized carbons (Fsp3) is 0.278. The summed E-state index contributed by atoms with van der Waals surface area (Å²) >= 11 is 12.9. The van der Waals surface area contributed by atoms with Crippen LogP contribution in [0.1, 0.15) is 41.7 Å². The van der Waals surface area contributed by atoms with E-state index >= 15 is 0 Å². The van der Waals surface area contributed by atoms with Crippen LogP contribution in [0.3, 0.4) is 0 Å². The number of hydrogen-bond acceptors (Lipinski definition) is 5. The Bertz CT molecular complexity index is 1630. The van der Waals surface area contributed by atoms with Crippen LogP contribution in [0.25, 0.3) is 5.57 Å². The molecule has 6 nitrogen and oxygen atoms in total. The van der Waals surface area contributed by atoms with Gasteiger partial charge in [-0.05, 0) is 74.2 Å². The number of halogens is 3. The second kappa shape index (κ2) is 15.8. The Morgan fingerprint density at radius 1 is 0.889 bits per heavy atom. The third-order valence-corrected chi connectivity index (χ3v) is 8.65. The highest BCUT2D eigenvalue weighted by Gasteiger charge is 2.23. The molecule has 5 rings (SSSR count). The number of piperazine rings is 1. The monoisotopic (exact) mass is 709 g/mol. The molecule has 0 bridgehead atoms. The summed E-state index contributed by atoms with van der Waals surface area (Å²) in [6.45, 7) is 12.3. The summed E-state index contributed by atoms with van der Waals surface area (Å²) < 4.78 is 11.9. The SMILES string of the molecule is Br.C/C(C(=O)N1CCN(Cc2ccc(C)cc2)CC1)=C(\C)c1cc(C)c(Oc2ccc(OCc3ccccc3Cl)cn2)c(Cl)c1. The fourth-order valence-electron chi connectivity index (χ4n) is 5.15. The average molecular weight is 712 g/mol. The van der Waals surface area contributed by atoms with E-state index in [1.165, 1.54) is 11.1 Å². The van der Waals surface area contributed by atoms with E-state index in [0.717, 1.165) is 47.5 Å². The molecule has 0 radical (unpaired) electrons. The van der Waals surface area contributed by atoms with Crippen LogP contribution in [0.4, 0.5) is 0 Å². The molecular formula is C36H38BrCl2N3O3. The Hall–Kier alpha value is -3.36. The van der Waals surface area contributed by atoms with Crippen molar-refractivity contribution in [2.45, 2.75) is 40.8 Å². The first-order valence-electron chi connectivity index (χ1n) is 14.7. The van der Waals surface area contributed by atoms with E-state index in [0.29, 0.717) is 47.1 Å². The molecular weight excluding hydrogens is 673 g/mol. The lowest BCUT2D eigenvalue weighted by molar-refractivity contribution is -0.128. The molecule has 0 unspecified atom stereocenters. The zero-order valence-corrected chi connectivity index (χ0v) is 29.2. The highest BCUT2D eigenvalue weighted by atomic mass is 79.9. The number of benzene rings is 3. The molecule has 3 aromatic carbocycles. The van der Waals surface area contributed by atoms with Gasteiger partial charge in [0.15, 0.2) is 5.75 Å². The molecule has 2 heterocycles. The molecule has 1 aliphatic rings. The molecule has 4 aromatic rings. The quantitative estimate of drug-likeness (QED) is 0.162. The van der Waals surface area contributed by atoms with Gasteiger partial charge in [0.05, 0.1) is 11.2 Å². The molecule has 1 amide bonds. The number of carbonyl (C=O) groups is 1. The molecule has 1 aromatic heterocycles. The van der Waals surface area contributed by atoms with Crippen LogP contribution in [0.2, 0.25) is 10.0 Å². The van der Waals surface area contributed by atoms with Gasteiger partial charge < -0.3 is 14.4 Å². The van der Waals surface area contributed by atoms with Crippen molar-refractivity contribution < 1.29 is 14.3 Å². The maximum atomic E-state index is 13.4. The van der Waals surface area contributed by atoms with Crippen molar-refractivity contribution in [2.24, 2.45) is 0 Å². The van der Waals surface area contributed by atoms with Gasteiger partial charge in [0.2, 0.25) is 11.8 Å². The first-order valence-corrected chi connectivity index (χ1v) is 15.5. The van der Waals surface area contributed by atoms with Crippen LogP contribution >= 0.6 is 40.2 Å². The normalized spacial score (nSPS) is 14.0. The second-order valence-corrected chi connectivity index (χ2v) is 12.0. The van der Waals surface area contributed by atoms with E-state index in [9.17, 15) is 4.79 Å². The number of aromatic nitrogens is 1. The average Bonchev–Trinajstić information content (AvgIpc) is 3.03. The van der Waals surface area contributed by atoms with Gasteiger partial charge >= 0.3 is 0 Å². The van der Waals surface area contributed by atoms with Gasteiger partial charge in [-0.3, -0.25) is 9.69 Å². The summed E-state index contributed by atoms with van der Waals surface area (Å²) in [5, 5.41) is 1.11. The number of pyridine rings is 1. The first-order chi connectivity index (χ1) is 21.2. The molecule has 236 valence electrons. The topological polar surface area (TPSA) is 54.9 Å². The van der Waals surface area contributed by atoms with Crippen molar-refractivity contribution in [3.63, 3.8) is 0 Å². The Morgan fingerprint density at radius 2 is 1.60 bits per heavy atom. The highest BCUT2D eigenvalue weighted by Crippen LogP contribution is 2.36. The number of amides is 1. The zero-order valence-electron chi connectivity index (χ0n) is 26.0. The summed E-state index contributed by atoms with van der Waals surface area (Å²) in [4.78, 5) is 22.2. The molecule has 45 heavy (non-hydrogen) atoms. The molecule has 0 aliphatic carbocycles. The standard InChI is InChI=1S/C36H37Cl2N3O3.BrH/c1-24-9-11-28(12-10-24)22-40-15-17-41(18-16-40)36(42)27(4)26(3)30-19-25(2)35(33(38)20-30)44-34-14-13-31(21-39-34)43-23-29-7-5-6-8-32(29)37;/h5-14,19-21H,15-18,22-23H2,1-4H3;1H/b27-26-;. The molecule has 1 saturated heterocycles. The summed E-state index contributed by atoms with van der Waals surface area (Å²) in [7, 11) is 0. The lowest BCUT2D eigenvalue weighted by Gasteiger charge is -2.35. The van der Waals surface area contributed by atoms with Gasteiger partial charge in [0, 0.05) is 54.9 Å². The van der Waals surface area contributed by atoms with Gasteiger partial charge in [0.1, 0.15) is 12.4 Å². The minimum absolute atomic E-state index is 0. The molecule has 9 heteroatoms. The van der Waals surface area contributed by atoms with Crippen LogP contribution in [0.5, 0.6) is 17.4 Å². The summed E-state index contributed by atoms with van der Waals surface area (Å²) in [6.07, 6.45) is 1.61. The van der Waals surface area contributed by atoms with Gasteiger partial charge in [-0.25, -0.2) is 4.98 Å². The Kier molecular flexibility index (Phi) is 12.1. The molecule has 1 fully saturated rings. The van der Waals surface area contributed by atoms with E-state index in [4.69, 9.17) is 32.7 Å². The van der Waals surface area contributed by atoms with Crippen molar-refractivity contribution >= 4 is 51.7 Å². The van der Waals surface area contributed by atoms with Gasteiger partial charge in [-0.2, -0.15) is 0 Å². The van der Waals surface area contributed by atoms with Crippen LogP contribution in [0.15, 0.2) is 84.6 Å². The third kappa shape index (κ3) is 8.88. The smallest absolute Gasteiger partial charge is 0.249 e. The Balaban J connectivity index is 0.00000461. The van der Waals surface area contributed by atoms with E-state index in [2.05, 4.69) is 41.1 Å². The molecule has 0 saturated carbocycles. The predicted octanol–water partition coefficient (Wildman–Crippen LogP) is 9.09. The summed E-state index contributed by atoms with van der Waals surface area (Å²) in [6, 6.07) is 23.6. The lowest BCUT2D eigenvalue weighted by atomic mass is 9.99. The number of hydrogen-bond donors (Lipinski definition) is 0. The number of nitrogens with zero attached hydrogens (tertiary/aromatic N) is 3. The maximum absolute atomic E-state index is 13.4. The summed E-state index contributed by atoms with van der Waals surface area (Å²) in [5.41, 5.74) is 6.81. The molecule has 0 spiro atoms. The first kappa shape index (κ1) is 34.5. The van der Waals surface area contributed by atoms with Crippen LogP contribution < -0.4 is 9.47 Å². The predicted molar refractivity (Wildman–Crippen MR) is 188 cm³/mol. The zero-order chi connectivity index (χ0) is 31.2. The van der Waals surface area contributed by atoms with E-state index in [-0.39, 0.29) is 22.9 Å². The minimum Gasteiger partial charge on any atom is -0.487 e. The number of rotatable bonds is 9. The molecule has 0 N–H and O–H groups in total. The lowest BCUT2D eigenvalue weighted by Crippen LogP contribution is -2.48. The number of ether oxygens (including phenoxy) is 2. The number of aryl methyl sites for hydroxylation is 2. The Morgan fingerprint density at radius 3 is 2.24 bits per heavy atom. The summed E-state index contributed by atoms with van der Waals surface area (Å²) in [5.74, 6) is 1.58. The second-order valence-electron chi connectivity index (χ2n) is 11.2. The minimum atomic E-state index is 0. The van der Waals surface area contributed by atoms with Crippen molar-refractivity contribution in [1.29, 1.82) is 0 Å². The van der Waals surface area contributed by atoms with Crippen molar-refractivity contribution in [1.82, 2.24) is 14.8 Å². The van der Waals surface area contributed by atoms with Gasteiger partial charge in [-0.1, -0.05) is 71.2 Å². The maximum Gasteiger partial charge on any atom is 0.249 e. The van der Waals surface area contributed by atoms with Crippen LogP contribution in [-0.2, 0) is 17.9 Å². The van der Waals surface area contributed by atoms with Crippen molar-refractivity contribution in [3.8, 4) is 17.4 Å². The van der Waals surface area contributed by atoms with Gasteiger partial charge in [0.25, 0.3) is 0 Å². The number of carbonyl (C=O) groups excluding carboxylic acids is 1. The van der Waals surface area contributed by atoms with Crippen molar-refractivity contribution in [2.75, 3.05) is 26.2 Å². The Labute approximate surface area is 286 Å². The fourth-order valence-corrected chi connectivity index (χ4v) is 5.64. The van der Waals surface area contributed by atoms with E-state index < -0.39 is 0 Å². The third-order valence-electron chi connectivity index (χ3n) is 8.00. The molecule has 1 aliphatic heterocycles. The van der Waals surface area contributed by atoms with Crippen molar-refractivity contribution in [3.05, 3.63) is 122 Å². The number of allylic oxidation sites excluding steroid dienone is 1. The van der Waals surface area contributed by atoms with E-state index in [1.807, 2.05) is 62.1 Å². The van der Waals surface area contributed by atoms with Gasteiger partial charge in [-0.15, -0.1) is 17.0 Å². The van der Waals surface area contributed by atoms with E-state index in [1.54, 1.807) is 18.3 Å². The van der Waals surface area contributed by atoms with Crippen LogP contribution in [-0.4, -0.2) is 46.9 Å². The largest absolute Gasteiger partial charge is 0.487 e. The van der Waals surface area contributed by atoms with Crippen LogP contribution in [0, 0.1) is 13.8 Å². The molecule has 0 atom stereocenters.